The molecule has 0 fully saturated rings. The molecule has 50 heavy (non-hydrogen) atoms. The summed E-state index contributed by atoms with van der Waals surface area (Å²) < 4.78 is 5.28. The molecule has 0 aliphatic rings. The van der Waals surface area contributed by atoms with Crippen LogP contribution < -0.4 is 20.3 Å². The molecule has 14 heteroatoms. The van der Waals surface area contributed by atoms with Crippen molar-refractivity contribution >= 4 is 46.4 Å². The van der Waals surface area contributed by atoms with E-state index in [9.17, 15) is 34.5 Å². The molecule has 0 radical (unpaired) electrons. The number of anilines is 2. The maximum atomic E-state index is 14.3. The Morgan fingerprint density at radius 3 is 2.30 bits per heavy atom. The van der Waals surface area contributed by atoms with Gasteiger partial charge in [0.25, 0.3) is 17.7 Å². The Morgan fingerprint density at radius 1 is 1.00 bits per heavy atom. The molecule has 3 amide bonds. The van der Waals surface area contributed by atoms with Crippen molar-refractivity contribution in [2.45, 2.75) is 52.4 Å². The maximum Gasteiger partial charge on any atom is 0.328 e. The molecule has 1 aromatic heterocycles. The van der Waals surface area contributed by atoms with Gasteiger partial charge in [-0.2, -0.15) is 0 Å². The second kappa shape index (κ2) is 16.8. The number of phenols is 1. The van der Waals surface area contributed by atoms with Gasteiger partial charge in [-0.3, -0.25) is 14.4 Å². The number of rotatable bonds is 15. The van der Waals surface area contributed by atoms with Crippen LogP contribution in [0.25, 0.3) is 0 Å². The van der Waals surface area contributed by atoms with Crippen molar-refractivity contribution < 1.29 is 39.2 Å². The first kappa shape index (κ1) is 37.4. The molecule has 0 spiro atoms. The number of carboxylic acids is 1. The highest BCUT2D eigenvalue weighted by Crippen LogP contribution is 2.32. The number of carbonyl (C=O) groups excluding carboxylic acids is 3. The number of amides is 3. The van der Waals surface area contributed by atoms with Crippen LogP contribution in [0.2, 0.25) is 0 Å². The number of nitrogens with one attached hydrogen (secondary N) is 2. The van der Waals surface area contributed by atoms with Gasteiger partial charge in [0.15, 0.2) is 6.04 Å². The number of methoxy groups -OCH3 is 1. The summed E-state index contributed by atoms with van der Waals surface area (Å²) in [7, 11) is 3.15. The number of carboxylic acid groups (broad SMARTS) is 1. The van der Waals surface area contributed by atoms with Crippen molar-refractivity contribution in [3.8, 4) is 11.5 Å². The van der Waals surface area contributed by atoms with Crippen LogP contribution in [-0.2, 0) is 17.9 Å². The number of aryl methyl sites for hydroxylation is 1. The molecule has 2 atom stereocenters. The summed E-state index contributed by atoms with van der Waals surface area (Å²) in [6.07, 6.45) is 0.529. The number of aromatic hydroxyl groups is 1. The van der Waals surface area contributed by atoms with E-state index in [-0.39, 0.29) is 35.0 Å². The second-order valence-electron chi connectivity index (χ2n) is 11.7. The number of aliphatic hydroxyl groups is 1. The zero-order chi connectivity index (χ0) is 36.5. The van der Waals surface area contributed by atoms with Gasteiger partial charge in [0, 0.05) is 59.2 Å². The third-order valence-corrected chi connectivity index (χ3v) is 8.94. The van der Waals surface area contributed by atoms with Gasteiger partial charge in [-0.1, -0.05) is 19.1 Å². The van der Waals surface area contributed by atoms with Gasteiger partial charge in [-0.15, -0.1) is 11.3 Å². The number of aliphatic hydroxyl groups excluding tert-OH is 1. The highest BCUT2D eigenvalue weighted by atomic mass is 32.1. The first-order chi connectivity index (χ1) is 23.8. The summed E-state index contributed by atoms with van der Waals surface area (Å²) in [4.78, 5) is 60.0. The van der Waals surface area contributed by atoms with Crippen molar-refractivity contribution in [3.63, 3.8) is 0 Å². The summed E-state index contributed by atoms with van der Waals surface area (Å²) in [5.74, 6) is -2.81. The van der Waals surface area contributed by atoms with E-state index in [1.807, 2.05) is 50.4 Å². The van der Waals surface area contributed by atoms with E-state index in [1.54, 1.807) is 26.3 Å². The molecule has 4 aromatic rings. The van der Waals surface area contributed by atoms with Crippen molar-refractivity contribution in [3.05, 3.63) is 99.0 Å². The lowest BCUT2D eigenvalue weighted by atomic mass is 10.0. The van der Waals surface area contributed by atoms with Gasteiger partial charge in [0.05, 0.1) is 25.9 Å². The molecule has 13 nitrogen and oxygen atoms in total. The Labute approximate surface area is 294 Å². The lowest BCUT2D eigenvalue weighted by Crippen LogP contribution is -2.43. The van der Waals surface area contributed by atoms with Crippen molar-refractivity contribution in [1.82, 2.24) is 15.2 Å². The van der Waals surface area contributed by atoms with Crippen LogP contribution in [0.1, 0.15) is 67.6 Å². The maximum absolute atomic E-state index is 14.3. The number of carbonyl (C=O) groups is 4. The standard InChI is InChI=1S/C36H41N5O8S/c1-6-22(3)41(27-10-11-29(31(43)16-27)37-17-23-8-7-9-28(12-23)49-5)35(46)26-14-24(33(44)39-30(19-42)36(47)48)13-25(15-26)34(45)40(4)18-32-38-21(2)20-50-32/h7-16,20,22,30,37,42-43H,6,17-19H2,1-5H3,(H,39,44)(H,47,48). The number of aliphatic carboxylic acids is 1. The third-order valence-electron chi connectivity index (χ3n) is 7.99. The summed E-state index contributed by atoms with van der Waals surface area (Å²) in [5.41, 5.74) is 2.40. The fourth-order valence-electron chi connectivity index (χ4n) is 5.10. The lowest BCUT2D eigenvalue weighted by molar-refractivity contribution is -0.140. The topological polar surface area (TPSA) is 182 Å². The summed E-state index contributed by atoms with van der Waals surface area (Å²) in [5, 5.41) is 37.8. The van der Waals surface area contributed by atoms with E-state index in [4.69, 9.17) is 4.74 Å². The Hall–Kier alpha value is -5.47. The van der Waals surface area contributed by atoms with E-state index >= 15 is 0 Å². The summed E-state index contributed by atoms with van der Waals surface area (Å²) in [6, 6.07) is 14.2. The molecule has 0 aliphatic heterocycles. The molecule has 2 unspecified atom stereocenters. The van der Waals surface area contributed by atoms with Crippen LogP contribution in [-0.4, -0.2) is 81.7 Å². The molecule has 0 aliphatic carbocycles. The summed E-state index contributed by atoms with van der Waals surface area (Å²) >= 11 is 1.39. The van der Waals surface area contributed by atoms with E-state index in [0.29, 0.717) is 35.1 Å². The number of aromatic nitrogens is 1. The molecule has 3 aromatic carbocycles. The van der Waals surface area contributed by atoms with Gasteiger partial charge in [0.2, 0.25) is 0 Å². The van der Waals surface area contributed by atoms with Gasteiger partial charge < -0.3 is 40.5 Å². The zero-order valence-corrected chi connectivity index (χ0v) is 29.3. The van der Waals surface area contributed by atoms with E-state index in [2.05, 4.69) is 15.6 Å². The van der Waals surface area contributed by atoms with E-state index < -0.39 is 36.3 Å². The molecular formula is C36H41N5O8S. The highest BCUT2D eigenvalue weighted by molar-refractivity contribution is 7.09. The SMILES string of the molecule is CCC(C)N(C(=O)c1cc(C(=O)NC(CO)C(=O)O)cc(C(=O)N(C)Cc2nc(C)cs2)c1)c1ccc(NCc2cccc(OC)c2)c(O)c1. The quantitative estimate of drug-likeness (QED) is 0.109. The van der Waals surface area contributed by atoms with Crippen LogP contribution in [0.4, 0.5) is 11.4 Å². The van der Waals surface area contributed by atoms with Gasteiger partial charge in [-0.05, 0) is 68.3 Å². The van der Waals surface area contributed by atoms with Crippen molar-refractivity contribution in [2.75, 3.05) is 31.0 Å². The molecule has 264 valence electrons. The predicted molar refractivity (Wildman–Crippen MR) is 190 cm³/mol. The van der Waals surface area contributed by atoms with Gasteiger partial charge >= 0.3 is 5.97 Å². The average molecular weight is 704 g/mol. The lowest BCUT2D eigenvalue weighted by Gasteiger charge is -2.30. The number of ether oxygens (including phenoxy) is 1. The number of benzene rings is 3. The average Bonchev–Trinajstić information content (AvgIpc) is 3.53. The Balaban J connectivity index is 1.69. The minimum atomic E-state index is -1.60. The first-order valence-corrected chi connectivity index (χ1v) is 16.7. The summed E-state index contributed by atoms with van der Waals surface area (Å²) in [6.45, 7) is 5.28. The van der Waals surface area contributed by atoms with Crippen LogP contribution in [0, 0.1) is 6.92 Å². The van der Waals surface area contributed by atoms with Gasteiger partial charge in [0.1, 0.15) is 16.5 Å². The number of thiazole rings is 1. The number of phenolic OH excluding ortho intramolecular Hbond substituents is 1. The predicted octanol–water partition coefficient (Wildman–Crippen LogP) is 4.67. The molecule has 4 rings (SSSR count). The number of nitrogens with zero attached hydrogens (tertiary/aromatic N) is 3. The van der Waals surface area contributed by atoms with Crippen molar-refractivity contribution in [2.24, 2.45) is 0 Å². The Bertz CT molecular complexity index is 1860. The largest absolute Gasteiger partial charge is 0.506 e. The fourth-order valence-corrected chi connectivity index (χ4v) is 5.92. The monoisotopic (exact) mass is 703 g/mol. The number of hydrogen-bond acceptors (Lipinski definition) is 10. The molecule has 5 N–H and O–H groups in total. The van der Waals surface area contributed by atoms with E-state index in [0.717, 1.165) is 11.3 Å². The molecule has 1 heterocycles. The second-order valence-corrected chi connectivity index (χ2v) is 12.7. The van der Waals surface area contributed by atoms with Crippen LogP contribution in [0.15, 0.2) is 66.0 Å². The molecule has 0 saturated carbocycles. The first-order valence-electron chi connectivity index (χ1n) is 15.8. The van der Waals surface area contributed by atoms with E-state index in [1.165, 1.54) is 45.4 Å². The molecular weight excluding hydrogens is 662 g/mol. The van der Waals surface area contributed by atoms with Gasteiger partial charge in [-0.25, -0.2) is 9.78 Å². The normalized spacial score (nSPS) is 12.0. The van der Waals surface area contributed by atoms with Crippen molar-refractivity contribution in [1.29, 1.82) is 0 Å². The number of hydrogen-bond donors (Lipinski definition) is 5. The molecule has 0 bridgehead atoms. The minimum absolute atomic E-state index is 0.0108. The smallest absolute Gasteiger partial charge is 0.328 e. The third kappa shape index (κ3) is 9.15. The highest BCUT2D eigenvalue weighted by Gasteiger charge is 2.27. The van der Waals surface area contributed by atoms with Crippen LogP contribution in [0.3, 0.4) is 0 Å². The Morgan fingerprint density at radius 2 is 1.70 bits per heavy atom. The fraction of sp³-hybridized carbons (Fsp3) is 0.306. The Kier molecular flexibility index (Phi) is 12.5. The van der Waals surface area contributed by atoms with Crippen LogP contribution in [0.5, 0.6) is 11.5 Å². The molecule has 0 saturated heterocycles. The zero-order valence-electron chi connectivity index (χ0n) is 28.5. The minimum Gasteiger partial charge on any atom is -0.506 e. The van der Waals surface area contributed by atoms with Crippen LogP contribution >= 0.6 is 11.3 Å².